The summed E-state index contributed by atoms with van der Waals surface area (Å²) < 4.78 is 18.6. The Bertz CT molecular complexity index is 967. The molecule has 7 heteroatoms. The van der Waals surface area contributed by atoms with Crippen molar-refractivity contribution in [1.82, 2.24) is 5.32 Å². The van der Waals surface area contributed by atoms with E-state index in [1.54, 1.807) is 31.4 Å². The van der Waals surface area contributed by atoms with Gasteiger partial charge in [-0.1, -0.05) is 30.4 Å². The largest absolute Gasteiger partial charge is 0.497 e. The summed E-state index contributed by atoms with van der Waals surface area (Å²) in [6, 6.07) is 12.7. The SMILES string of the molecule is COc1ccc(C=CC=C2C(=O)NC(=S)N(c3cccc(F)c3)C2=O)cc1. The third-order valence-corrected chi connectivity index (χ3v) is 4.12. The fraction of sp³-hybridized carbons (Fsp3) is 0.0500. The molecule has 2 amide bonds. The first-order valence-electron chi connectivity index (χ1n) is 7.97. The molecule has 5 nitrogen and oxygen atoms in total. The lowest BCUT2D eigenvalue weighted by Gasteiger charge is -2.28. The van der Waals surface area contributed by atoms with Gasteiger partial charge in [-0.15, -0.1) is 0 Å². The lowest BCUT2D eigenvalue weighted by Crippen LogP contribution is -2.54. The van der Waals surface area contributed by atoms with Crippen molar-refractivity contribution in [2.45, 2.75) is 0 Å². The van der Waals surface area contributed by atoms with E-state index in [0.717, 1.165) is 16.2 Å². The fourth-order valence-corrected chi connectivity index (χ4v) is 2.78. The lowest BCUT2D eigenvalue weighted by atomic mass is 10.1. The van der Waals surface area contributed by atoms with Crippen LogP contribution in [0.25, 0.3) is 6.08 Å². The number of thiocarbonyl (C=S) groups is 1. The number of nitrogens with zero attached hydrogens (tertiary/aromatic N) is 1. The number of carbonyl (C=O) groups excluding carboxylic acids is 2. The highest BCUT2D eigenvalue weighted by Crippen LogP contribution is 2.21. The van der Waals surface area contributed by atoms with Crippen molar-refractivity contribution in [1.29, 1.82) is 0 Å². The summed E-state index contributed by atoms with van der Waals surface area (Å²) in [5, 5.41) is 2.36. The average Bonchev–Trinajstić information content (AvgIpc) is 2.65. The van der Waals surface area contributed by atoms with E-state index < -0.39 is 17.6 Å². The molecule has 0 radical (unpaired) electrons. The third-order valence-electron chi connectivity index (χ3n) is 3.84. The first-order valence-corrected chi connectivity index (χ1v) is 8.38. The Labute approximate surface area is 160 Å². The van der Waals surface area contributed by atoms with E-state index in [4.69, 9.17) is 17.0 Å². The van der Waals surface area contributed by atoms with Gasteiger partial charge >= 0.3 is 0 Å². The molecule has 0 atom stereocenters. The Morgan fingerprint density at radius 2 is 1.89 bits per heavy atom. The molecule has 2 aromatic rings. The Kier molecular flexibility index (Phi) is 5.42. The van der Waals surface area contributed by atoms with Gasteiger partial charge in [-0.2, -0.15) is 0 Å². The monoisotopic (exact) mass is 382 g/mol. The molecule has 136 valence electrons. The van der Waals surface area contributed by atoms with Crippen LogP contribution in [-0.4, -0.2) is 24.0 Å². The van der Waals surface area contributed by atoms with Gasteiger partial charge in [0.1, 0.15) is 17.1 Å². The van der Waals surface area contributed by atoms with Crippen molar-refractivity contribution >= 4 is 40.9 Å². The zero-order chi connectivity index (χ0) is 19.4. The highest BCUT2D eigenvalue weighted by Gasteiger charge is 2.34. The Hall–Kier alpha value is -3.32. The molecule has 0 aromatic heterocycles. The zero-order valence-electron chi connectivity index (χ0n) is 14.3. The van der Waals surface area contributed by atoms with Gasteiger partial charge in [0.25, 0.3) is 11.8 Å². The first-order chi connectivity index (χ1) is 13.0. The summed E-state index contributed by atoms with van der Waals surface area (Å²) in [5.74, 6) is -0.998. The van der Waals surface area contributed by atoms with Gasteiger partial charge in [0, 0.05) is 0 Å². The summed E-state index contributed by atoms with van der Waals surface area (Å²) in [4.78, 5) is 26.0. The Morgan fingerprint density at radius 3 is 2.56 bits per heavy atom. The molecular weight excluding hydrogens is 367 g/mol. The van der Waals surface area contributed by atoms with Crippen LogP contribution in [-0.2, 0) is 9.59 Å². The first kappa shape index (κ1) is 18.5. The minimum atomic E-state index is -0.617. The van der Waals surface area contributed by atoms with Crippen molar-refractivity contribution in [3.63, 3.8) is 0 Å². The number of hydrogen-bond donors (Lipinski definition) is 1. The Balaban J connectivity index is 1.86. The standard InChI is InChI=1S/C20H15FN2O3S/c1-26-16-10-8-13(9-11-16)4-2-7-17-18(24)22-20(27)23(19(17)25)15-6-3-5-14(21)12-15/h2-12H,1H3,(H,22,24,27). The predicted molar refractivity (Wildman–Crippen MR) is 105 cm³/mol. The van der Waals surface area contributed by atoms with E-state index in [0.29, 0.717) is 0 Å². The molecule has 1 aliphatic heterocycles. The zero-order valence-corrected chi connectivity index (χ0v) is 15.1. The van der Waals surface area contributed by atoms with E-state index in [2.05, 4.69) is 5.32 Å². The number of nitrogens with one attached hydrogen (secondary N) is 1. The van der Waals surface area contributed by atoms with Crippen LogP contribution in [0, 0.1) is 5.82 Å². The maximum atomic E-state index is 13.5. The van der Waals surface area contributed by atoms with E-state index in [-0.39, 0.29) is 16.4 Å². The van der Waals surface area contributed by atoms with Crippen LogP contribution in [0.15, 0.2) is 66.3 Å². The van der Waals surface area contributed by atoms with Crippen LogP contribution in [0.4, 0.5) is 10.1 Å². The Morgan fingerprint density at radius 1 is 1.15 bits per heavy atom. The van der Waals surface area contributed by atoms with Gasteiger partial charge in [-0.05, 0) is 54.2 Å². The summed E-state index contributed by atoms with van der Waals surface area (Å²) >= 11 is 5.07. The van der Waals surface area contributed by atoms with E-state index in [1.165, 1.54) is 30.3 Å². The number of allylic oxidation sites excluding steroid dienone is 2. The molecule has 1 fully saturated rings. The topological polar surface area (TPSA) is 58.6 Å². The molecule has 1 aliphatic rings. The van der Waals surface area contributed by atoms with Gasteiger partial charge < -0.3 is 4.74 Å². The predicted octanol–water partition coefficient (Wildman–Crippen LogP) is 3.22. The van der Waals surface area contributed by atoms with Crippen molar-refractivity contribution < 1.29 is 18.7 Å². The van der Waals surface area contributed by atoms with Crippen molar-refractivity contribution in [2.75, 3.05) is 12.0 Å². The summed E-state index contributed by atoms with van der Waals surface area (Å²) in [5.41, 5.74) is 1.02. The van der Waals surface area contributed by atoms with Crippen LogP contribution in [0.1, 0.15) is 5.56 Å². The summed E-state index contributed by atoms with van der Waals surface area (Å²) in [6.45, 7) is 0. The van der Waals surface area contributed by atoms with Crippen molar-refractivity contribution in [3.8, 4) is 5.75 Å². The highest BCUT2D eigenvalue weighted by atomic mass is 32.1. The fourth-order valence-electron chi connectivity index (χ4n) is 2.50. The smallest absolute Gasteiger partial charge is 0.270 e. The summed E-state index contributed by atoms with van der Waals surface area (Å²) in [6.07, 6.45) is 4.73. The third kappa shape index (κ3) is 4.09. The minimum Gasteiger partial charge on any atom is -0.497 e. The van der Waals surface area contributed by atoms with Crippen molar-refractivity contribution in [2.24, 2.45) is 0 Å². The van der Waals surface area contributed by atoms with Gasteiger partial charge in [0.2, 0.25) is 0 Å². The molecule has 1 N–H and O–H groups in total. The van der Waals surface area contributed by atoms with Gasteiger partial charge in [0.15, 0.2) is 5.11 Å². The quantitative estimate of drug-likeness (QED) is 0.501. The summed E-state index contributed by atoms with van der Waals surface area (Å²) in [7, 11) is 1.58. The second kappa shape index (κ2) is 7.92. The number of hydrogen-bond acceptors (Lipinski definition) is 4. The molecule has 2 aromatic carbocycles. The molecule has 0 aliphatic carbocycles. The van der Waals surface area contributed by atoms with Crippen LogP contribution >= 0.6 is 12.2 Å². The number of rotatable bonds is 4. The minimum absolute atomic E-state index is 0.0908. The molecule has 0 spiro atoms. The number of benzene rings is 2. The second-order valence-electron chi connectivity index (χ2n) is 5.59. The number of ether oxygens (including phenoxy) is 1. The van der Waals surface area contributed by atoms with Crippen LogP contribution < -0.4 is 15.0 Å². The number of halogens is 1. The molecule has 1 heterocycles. The highest BCUT2D eigenvalue weighted by molar-refractivity contribution is 7.80. The van der Waals surface area contributed by atoms with Crippen LogP contribution in [0.5, 0.6) is 5.75 Å². The molecule has 0 bridgehead atoms. The number of methoxy groups -OCH3 is 1. The van der Waals surface area contributed by atoms with E-state index in [9.17, 15) is 14.0 Å². The second-order valence-corrected chi connectivity index (χ2v) is 5.98. The van der Waals surface area contributed by atoms with Crippen molar-refractivity contribution in [3.05, 3.63) is 77.6 Å². The van der Waals surface area contributed by atoms with E-state index in [1.807, 2.05) is 12.1 Å². The van der Waals surface area contributed by atoms with Crippen LogP contribution in [0.2, 0.25) is 0 Å². The molecular formula is C20H15FN2O3S. The number of anilines is 1. The van der Waals surface area contributed by atoms with Gasteiger partial charge in [-0.25, -0.2) is 4.39 Å². The number of carbonyl (C=O) groups is 2. The lowest BCUT2D eigenvalue weighted by molar-refractivity contribution is -0.122. The van der Waals surface area contributed by atoms with E-state index >= 15 is 0 Å². The van der Waals surface area contributed by atoms with Gasteiger partial charge in [-0.3, -0.25) is 19.8 Å². The molecule has 27 heavy (non-hydrogen) atoms. The van der Waals surface area contributed by atoms with Crippen LogP contribution in [0.3, 0.4) is 0 Å². The molecule has 1 saturated heterocycles. The number of amides is 2. The molecule has 0 unspecified atom stereocenters. The maximum absolute atomic E-state index is 13.5. The normalized spacial score (nSPS) is 16.1. The molecule has 0 saturated carbocycles. The average molecular weight is 382 g/mol. The van der Waals surface area contributed by atoms with Gasteiger partial charge in [0.05, 0.1) is 12.8 Å². The molecule has 3 rings (SSSR count). The maximum Gasteiger partial charge on any atom is 0.270 e.